The third-order valence-electron chi connectivity index (χ3n) is 3.16. The molecule has 0 aromatic heterocycles. The van der Waals surface area contributed by atoms with Crippen LogP contribution in [0, 0.1) is 6.92 Å². The molecule has 0 bridgehead atoms. The number of benzene rings is 2. The summed E-state index contributed by atoms with van der Waals surface area (Å²) in [7, 11) is 0. The van der Waals surface area contributed by atoms with Crippen molar-refractivity contribution in [1.29, 1.82) is 0 Å². The Balaban J connectivity index is 2.16. The second-order valence-corrected chi connectivity index (χ2v) is 4.80. The summed E-state index contributed by atoms with van der Waals surface area (Å²) in [5.74, 6) is 0. The van der Waals surface area contributed by atoms with E-state index in [9.17, 15) is 5.11 Å². The van der Waals surface area contributed by atoms with Crippen molar-refractivity contribution in [3.8, 4) is 0 Å². The maximum absolute atomic E-state index is 10.8. The summed E-state index contributed by atoms with van der Waals surface area (Å²) in [6.45, 7) is 3.74. The molecule has 0 amide bonds. The minimum atomic E-state index is -0.0168. The van der Waals surface area contributed by atoms with Crippen LogP contribution < -0.4 is 4.90 Å². The van der Waals surface area contributed by atoms with Crippen LogP contribution in [0.4, 0.5) is 5.69 Å². The van der Waals surface area contributed by atoms with Gasteiger partial charge >= 0.3 is 0 Å². The van der Waals surface area contributed by atoms with E-state index < -0.39 is 0 Å². The summed E-state index contributed by atoms with van der Waals surface area (Å²) < 4.78 is 0. The minimum absolute atomic E-state index is 0.0168. The van der Waals surface area contributed by atoms with Gasteiger partial charge < -0.3 is 4.90 Å². The second kappa shape index (κ2) is 6.95. The van der Waals surface area contributed by atoms with Gasteiger partial charge in [-0.25, -0.2) is 5.11 Å². The van der Waals surface area contributed by atoms with Crippen LogP contribution in [0.15, 0.2) is 54.6 Å². The lowest BCUT2D eigenvalue weighted by atomic mass is 10.1. The highest BCUT2D eigenvalue weighted by Gasteiger charge is 2.07. The average molecular weight is 254 g/mol. The van der Waals surface area contributed by atoms with Crippen molar-refractivity contribution in [2.75, 3.05) is 18.1 Å². The Kier molecular flexibility index (Phi) is 4.99. The van der Waals surface area contributed by atoms with Crippen LogP contribution in [0.1, 0.15) is 17.5 Å². The van der Waals surface area contributed by atoms with Gasteiger partial charge in [-0.15, -0.1) is 0 Å². The van der Waals surface area contributed by atoms with E-state index in [0.717, 1.165) is 13.1 Å². The molecule has 0 heterocycles. The highest BCUT2D eigenvalue weighted by Crippen LogP contribution is 2.19. The molecule has 2 aromatic carbocycles. The molecule has 99 valence electrons. The molecule has 0 aliphatic heterocycles. The Morgan fingerprint density at radius 1 is 1.00 bits per heavy atom. The predicted molar refractivity (Wildman–Crippen MR) is 78.8 cm³/mol. The molecule has 0 saturated carbocycles. The molecule has 0 N–H and O–H groups in total. The lowest BCUT2D eigenvalue weighted by Crippen LogP contribution is -2.24. The molecule has 2 heteroatoms. The van der Waals surface area contributed by atoms with Gasteiger partial charge in [-0.2, -0.15) is 0 Å². The SMILES string of the molecule is Cc1cccc(N(CCC[O])Cc2ccccc2)c1. The molecule has 0 saturated heterocycles. The van der Waals surface area contributed by atoms with Crippen LogP contribution >= 0.6 is 0 Å². The summed E-state index contributed by atoms with van der Waals surface area (Å²) >= 11 is 0. The van der Waals surface area contributed by atoms with Crippen molar-refractivity contribution >= 4 is 5.69 Å². The molecular formula is C17H20NO. The normalized spacial score (nSPS) is 10.4. The van der Waals surface area contributed by atoms with Crippen LogP contribution in [0.2, 0.25) is 0 Å². The quantitative estimate of drug-likeness (QED) is 0.768. The number of hydrogen-bond donors (Lipinski definition) is 0. The molecule has 0 fully saturated rings. The molecule has 2 nitrogen and oxygen atoms in total. The van der Waals surface area contributed by atoms with Gasteiger partial charge in [0, 0.05) is 18.8 Å². The first-order valence-electron chi connectivity index (χ1n) is 6.73. The molecule has 0 atom stereocenters. The van der Waals surface area contributed by atoms with E-state index >= 15 is 0 Å². The monoisotopic (exact) mass is 254 g/mol. The fourth-order valence-electron chi connectivity index (χ4n) is 2.18. The Morgan fingerprint density at radius 2 is 1.79 bits per heavy atom. The van der Waals surface area contributed by atoms with Crippen LogP contribution in [0.3, 0.4) is 0 Å². The highest BCUT2D eigenvalue weighted by atomic mass is 16.3. The highest BCUT2D eigenvalue weighted by molar-refractivity contribution is 5.48. The number of nitrogens with zero attached hydrogens (tertiary/aromatic N) is 1. The molecule has 0 unspecified atom stereocenters. The van der Waals surface area contributed by atoms with Crippen LogP contribution in [-0.2, 0) is 11.7 Å². The first kappa shape index (κ1) is 13.6. The Labute approximate surface area is 115 Å². The lowest BCUT2D eigenvalue weighted by Gasteiger charge is -2.25. The maximum atomic E-state index is 10.8. The summed E-state index contributed by atoms with van der Waals surface area (Å²) in [5, 5.41) is 10.8. The smallest absolute Gasteiger partial charge is 0.0839 e. The number of anilines is 1. The van der Waals surface area contributed by atoms with Gasteiger partial charge in [-0.05, 0) is 36.6 Å². The fraction of sp³-hybridized carbons (Fsp3) is 0.294. The maximum Gasteiger partial charge on any atom is 0.0839 e. The number of rotatable bonds is 6. The summed E-state index contributed by atoms with van der Waals surface area (Å²) in [5.41, 5.74) is 3.71. The molecule has 19 heavy (non-hydrogen) atoms. The van der Waals surface area contributed by atoms with Crippen LogP contribution in [0.25, 0.3) is 0 Å². The van der Waals surface area contributed by atoms with Gasteiger partial charge in [0.2, 0.25) is 0 Å². The summed E-state index contributed by atoms with van der Waals surface area (Å²) in [4.78, 5) is 2.28. The standard InChI is InChI=1S/C17H20NO/c1-15-7-5-10-17(13-15)18(11-6-12-19)14-16-8-3-2-4-9-16/h2-5,7-10,13H,6,11-12,14H2,1H3. The number of aryl methyl sites for hydroxylation is 1. The second-order valence-electron chi connectivity index (χ2n) is 4.80. The topological polar surface area (TPSA) is 23.1 Å². The first-order chi connectivity index (χ1) is 9.29. The third kappa shape index (κ3) is 4.11. The van der Waals surface area contributed by atoms with Crippen molar-refractivity contribution in [3.63, 3.8) is 0 Å². The Hall–Kier alpha value is -1.80. The van der Waals surface area contributed by atoms with Gasteiger partial charge in [-0.3, -0.25) is 0 Å². The largest absolute Gasteiger partial charge is 0.367 e. The molecule has 0 aliphatic carbocycles. The van der Waals surface area contributed by atoms with Gasteiger partial charge in [0.25, 0.3) is 0 Å². The van der Waals surface area contributed by atoms with E-state index in [4.69, 9.17) is 0 Å². The van der Waals surface area contributed by atoms with E-state index in [1.807, 2.05) is 6.07 Å². The predicted octanol–water partition coefficient (Wildman–Crippen LogP) is 3.82. The van der Waals surface area contributed by atoms with Gasteiger partial charge in [0.15, 0.2) is 0 Å². The van der Waals surface area contributed by atoms with Crippen molar-refractivity contribution in [1.82, 2.24) is 0 Å². The van der Waals surface area contributed by atoms with Gasteiger partial charge in [0.05, 0.1) is 6.61 Å². The van der Waals surface area contributed by atoms with Crippen LogP contribution in [-0.4, -0.2) is 13.2 Å². The zero-order chi connectivity index (χ0) is 13.5. The van der Waals surface area contributed by atoms with Crippen LogP contribution in [0.5, 0.6) is 0 Å². The lowest BCUT2D eigenvalue weighted by molar-refractivity contribution is 0.190. The molecule has 1 radical (unpaired) electrons. The van der Waals surface area contributed by atoms with Crippen molar-refractivity contribution in [3.05, 3.63) is 65.7 Å². The molecule has 0 aliphatic rings. The molecule has 2 rings (SSSR count). The fourth-order valence-corrected chi connectivity index (χ4v) is 2.18. The number of hydrogen-bond acceptors (Lipinski definition) is 1. The molecular weight excluding hydrogens is 234 g/mol. The van der Waals surface area contributed by atoms with E-state index in [2.05, 4.69) is 60.4 Å². The Morgan fingerprint density at radius 3 is 2.47 bits per heavy atom. The van der Waals surface area contributed by atoms with Gasteiger partial charge in [0.1, 0.15) is 0 Å². The Bertz CT molecular complexity index is 496. The molecule has 2 aromatic rings. The van der Waals surface area contributed by atoms with E-state index in [1.54, 1.807) is 0 Å². The summed E-state index contributed by atoms with van der Waals surface area (Å²) in [6, 6.07) is 18.8. The zero-order valence-electron chi connectivity index (χ0n) is 11.4. The minimum Gasteiger partial charge on any atom is -0.367 e. The zero-order valence-corrected chi connectivity index (χ0v) is 11.4. The van der Waals surface area contributed by atoms with Crippen molar-refractivity contribution in [2.45, 2.75) is 19.9 Å². The van der Waals surface area contributed by atoms with E-state index in [-0.39, 0.29) is 6.61 Å². The van der Waals surface area contributed by atoms with Crippen molar-refractivity contribution in [2.24, 2.45) is 0 Å². The average Bonchev–Trinajstić information content (AvgIpc) is 2.44. The summed E-state index contributed by atoms with van der Waals surface area (Å²) in [6.07, 6.45) is 0.681. The van der Waals surface area contributed by atoms with E-state index in [0.29, 0.717) is 6.42 Å². The molecule has 0 spiro atoms. The first-order valence-corrected chi connectivity index (χ1v) is 6.73. The third-order valence-corrected chi connectivity index (χ3v) is 3.16. The van der Waals surface area contributed by atoms with Crippen molar-refractivity contribution < 1.29 is 5.11 Å². The van der Waals surface area contributed by atoms with Gasteiger partial charge in [-0.1, -0.05) is 42.5 Å². The van der Waals surface area contributed by atoms with E-state index in [1.165, 1.54) is 16.8 Å².